The van der Waals surface area contributed by atoms with E-state index in [-0.39, 0.29) is 11.5 Å². The van der Waals surface area contributed by atoms with Gasteiger partial charge in [-0.1, -0.05) is 41.4 Å². The quantitative estimate of drug-likeness (QED) is 0.846. The molecule has 0 heterocycles. The van der Waals surface area contributed by atoms with Gasteiger partial charge in [0.25, 0.3) is 0 Å². The van der Waals surface area contributed by atoms with Gasteiger partial charge in [-0.05, 0) is 35.4 Å². The van der Waals surface area contributed by atoms with Crippen LogP contribution < -0.4 is 0 Å². The predicted octanol–water partition coefficient (Wildman–Crippen LogP) is 3.98. The summed E-state index contributed by atoms with van der Waals surface area (Å²) in [6, 6.07) is 13.3. The highest BCUT2D eigenvalue weighted by molar-refractivity contribution is 7.89. The molecule has 0 saturated heterocycles. The van der Waals surface area contributed by atoms with E-state index in [1.165, 1.54) is 0 Å². The molecule has 0 unspecified atom stereocenters. The number of hydrogen-bond acceptors (Lipinski definition) is 3. The molecule has 0 saturated carbocycles. The zero-order valence-corrected chi connectivity index (χ0v) is 13.2. The molecule has 0 fully saturated rings. The van der Waals surface area contributed by atoms with Crippen molar-refractivity contribution < 1.29 is 8.42 Å². The molecule has 0 aliphatic carbocycles. The van der Waals surface area contributed by atoms with Crippen LogP contribution in [0.25, 0.3) is 0 Å². The smallest absolute Gasteiger partial charge is 0.158 e. The van der Waals surface area contributed by atoms with Crippen LogP contribution in [0.4, 0.5) is 0 Å². The third-order valence-electron chi connectivity index (χ3n) is 2.84. The highest BCUT2D eigenvalue weighted by Crippen LogP contribution is 2.24. The van der Waals surface area contributed by atoms with Crippen LogP contribution in [0.15, 0.2) is 42.5 Å². The third kappa shape index (κ3) is 4.47. The van der Waals surface area contributed by atoms with E-state index in [2.05, 4.69) is 0 Å². The number of hydrogen-bond donors (Lipinski definition) is 0. The number of nitriles is 1. The standard InChI is InChI=1S/C15H11Cl2NO2S/c16-14-6-5-13(7-15(14)17)10-21(19,20)9-12-3-1-11(8-18)2-4-12/h1-7H,9-10H2. The Labute approximate surface area is 133 Å². The molecule has 0 spiro atoms. The summed E-state index contributed by atoms with van der Waals surface area (Å²) in [5.41, 5.74) is 1.74. The molecule has 0 atom stereocenters. The first kappa shape index (κ1) is 15.8. The van der Waals surface area contributed by atoms with Crippen molar-refractivity contribution in [3.8, 4) is 6.07 Å². The fraction of sp³-hybridized carbons (Fsp3) is 0.133. The maximum atomic E-state index is 12.2. The van der Waals surface area contributed by atoms with Crippen LogP contribution in [0.1, 0.15) is 16.7 Å². The monoisotopic (exact) mass is 339 g/mol. The molecule has 21 heavy (non-hydrogen) atoms. The molecule has 0 aromatic heterocycles. The van der Waals surface area contributed by atoms with Gasteiger partial charge in [-0.3, -0.25) is 0 Å². The van der Waals surface area contributed by atoms with E-state index in [4.69, 9.17) is 28.5 Å². The average Bonchev–Trinajstić information content (AvgIpc) is 2.43. The number of benzene rings is 2. The van der Waals surface area contributed by atoms with Crippen molar-refractivity contribution in [2.75, 3.05) is 0 Å². The van der Waals surface area contributed by atoms with Gasteiger partial charge in [0.15, 0.2) is 9.84 Å². The van der Waals surface area contributed by atoms with E-state index in [1.54, 1.807) is 42.5 Å². The Morgan fingerprint density at radius 2 is 1.48 bits per heavy atom. The van der Waals surface area contributed by atoms with Gasteiger partial charge in [-0.25, -0.2) is 8.42 Å². The SMILES string of the molecule is N#Cc1ccc(CS(=O)(=O)Cc2ccc(Cl)c(Cl)c2)cc1. The summed E-state index contributed by atoms with van der Waals surface area (Å²) >= 11 is 11.7. The molecule has 0 aliphatic heterocycles. The van der Waals surface area contributed by atoms with Crippen LogP contribution in [0.2, 0.25) is 10.0 Å². The number of halogens is 2. The van der Waals surface area contributed by atoms with Crippen LogP contribution in [0.3, 0.4) is 0 Å². The molecule has 0 bridgehead atoms. The average molecular weight is 340 g/mol. The van der Waals surface area contributed by atoms with Crippen LogP contribution in [0, 0.1) is 11.3 Å². The van der Waals surface area contributed by atoms with Crippen molar-refractivity contribution in [3.05, 3.63) is 69.2 Å². The van der Waals surface area contributed by atoms with Crippen molar-refractivity contribution in [2.24, 2.45) is 0 Å². The fourth-order valence-corrected chi connectivity index (χ4v) is 3.67. The van der Waals surface area contributed by atoms with Crippen LogP contribution in [-0.4, -0.2) is 8.42 Å². The van der Waals surface area contributed by atoms with Gasteiger partial charge in [0.1, 0.15) is 0 Å². The molecule has 0 amide bonds. The molecule has 0 radical (unpaired) electrons. The Balaban J connectivity index is 2.14. The van der Waals surface area contributed by atoms with Crippen molar-refractivity contribution >= 4 is 33.0 Å². The van der Waals surface area contributed by atoms with Gasteiger partial charge in [-0.15, -0.1) is 0 Å². The lowest BCUT2D eigenvalue weighted by atomic mass is 10.2. The van der Waals surface area contributed by atoms with Gasteiger partial charge in [0.05, 0.1) is 33.2 Å². The highest BCUT2D eigenvalue weighted by Gasteiger charge is 2.14. The maximum absolute atomic E-state index is 12.2. The Morgan fingerprint density at radius 3 is 2.05 bits per heavy atom. The second-order valence-electron chi connectivity index (χ2n) is 4.59. The van der Waals surface area contributed by atoms with Crippen LogP contribution in [0.5, 0.6) is 0 Å². The fourth-order valence-electron chi connectivity index (χ4n) is 1.86. The lowest BCUT2D eigenvalue weighted by Crippen LogP contribution is -2.07. The van der Waals surface area contributed by atoms with E-state index in [0.29, 0.717) is 26.7 Å². The Bertz CT molecular complexity index is 793. The summed E-state index contributed by atoms with van der Waals surface area (Å²) in [5.74, 6) is -0.192. The Morgan fingerprint density at radius 1 is 0.905 bits per heavy atom. The first-order valence-electron chi connectivity index (χ1n) is 6.03. The number of rotatable bonds is 4. The zero-order chi connectivity index (χ0) is 15.5. The highest BCUT2D eigenvalue weighted by atomic mass is 35.5. The Hall–Kier alpha value is -1.54. The minimum absolute atomic E-state index is 0.0844. The van der Waals surface area contributed by atoms with E-state index >= 15 is 0 Å². The molecule has 0 aliphatic rings. The third-order valence-corrected chi connectivity index (χ3v) is 5.13. The second kappa shape index (κ2) is 6.48. The van der Waals surface area contributed by atoms with Gasteiger partial charge < -0.3 is 0 Å². The molecule has 6 heteroatoms. The summed E-state index contributed by atoms with van der Waals surface area (Å²) in [7, 11) is -3.32. The first-order valence-corrected chi connectivity index (χ1v) is 8.61. The van der Waals surface area contributed by atoms with Crippen LogP contribution in [-0.2, 0) is 21.3 Å². The lowest BCUT2D eigenvalue weighted by Gasteiger charge is -2.06. The van der Waals surface area contributed by atoms with Crippen molar-refractivity contribution in [1.82, 2.24) is 0 Å². The van der Waals surface area contributed by atoms with E-state index in [1.807, 2.05) is 6.07 Å². The van der Waals surface area contributed by atoms with Gasteiger partial charge >= 0.3 is 0 Å². The van der Waals surface area contributed by atoms with E-state index < -0.39 is 9.84 Å². The van der Waals surface area contributed by atoms with Gasteiger partial charge in [0.2, 0.25) is 0 Å². The molecule has 2 rings (SSSR count). The summed E-state index contributed by atoms with van der Waals surface area (Å²) in [6.07, 6.45) is 0. The molecule has 2 aromatic rings. The summed E-state index contributed by atoms with van der Waals surface area (Å²) in [4.78, 5) is 0. The topological polar surface area (TPSA) is 57.9 Å². The van der Waals surface area contributed by atoms with Crippen molar-refractivity contribution in [1.29, 1.82) is 5.26 Å². The molecule has 108 valence electrons. The molecule has 2 aromatic carbocycles. The van der Waals surface area contributed by atoms with Gasteiger partial charge in [-0.2, -0.15) is 5.26 Å². The second-order valence-corrected chi connectivity index (χ2v) is 7.47. The predicted molar refractivity (Wildman–Crippen MR) is 83.9 cm³/mol. The van der Waals surface area contributed by atoms with Crippen LogP contribution >= 0.6 is 23.2 Å². The summed E-state index contributed by atoms with van der Waals surface area (Å²) in [5, 5.41) is 9.44. The minimum atomic E-state index is -3.32. The summed E-state index contributed by atoms with van der Waals surface area (Å²) in [6.45, 7) is 0. The Kier molecular flexibility index (Phi) is 4.89. The van der Waals surface area contributed by atoms with Gasteiger partial charge in [0, 0.05) is 0 Å². The van der Waals surface area contributed by atoms with E-state index in [9.17, 15) is 8.42 Å². The largest absolute Gasteiger partial charge is 0.228 e. The maximum Gasteiger partial charge on any atom is 0.158 e. The zero-order valence-electron chi connectivity index (χ0n) is 10.9. The number of nitrogens with zero attached hydrogens (tertiary/aromatic N) is 1. The summed E-state index contributed by atoms with van der Waals surface area (Å²) < 4.78 is 24.4. The molecular formula is C15H11Cl2NO2S. The van der Waals surface area contributed by atoms with Crippen molar-refractivity contribution in [2.45, 2.75) is 11.5 Å². The normalized spacial score (nSPS) is 11.1. The van der Waals surface area contributed by atoms with E-state index in [0.717, 1.165) is 0 Å². The molecule has 0 N–H and O–H groups in total. The molecular weight excluding hydrogens is 329 g/mol. The lowest BCUT2D eigenvalue weighted by molar-refractivity contribution is 0.594. The minimum Gasteiger partial charge on any atom is -0.228 e. The first-order chi connectivity index (χ1) is 9.89. The van der Waals surface area contributed by atoms with Crippen molar-refractivity contribution in [3.63, 3.8) is 0 Å². The number of sulfone groups is 1. The molecule has 3 nitrogen and oxygen atoms in total.